The second-order valence-electron chi connectivity index (χ2n) is 4.10. The third kappa shape index (κ3) is 2.18. The highest BCUT2D eigenvalue weighted by Gasteiger charge is 2.11. The SMILES string of the molecule is O=Cc1ccc(-n2nnc(-c3ccccc3)n2)c(F)c1. The van der Waals surface area contributed by atoms with Crippen molar-refractivity contribution in [2.24, 2.45) is 0 Å². The third-order valence-corrected chi connectivity index (χ3v) is 2.77. The Labute approximate surface area is 113 Å². The predicted molar refractivity (Wildman–Crippen MR) is 69.9 cm³/mol. The van der Waals surface area contributed by atoms with Crippen LogP contribution in [0.25, 0.3) is 17.1 Å². The van der Waals surface area contributed by atoms with Crippen molar-refractivity contribution in [3.8, 4) is 17.1 Å². The van der Waals surface area contributed by atoms with Gasteiger partial charge in [0.1, 0.15) is 12.0 Å². The molecule has 98 valence electrons. The molecule has 6 heteroatoms. The zero-order chi connectivity index (χ0) is 13.9. The van der Waals surface area contributed by atoms with Crippen LogP contribution in [0.15, 0.2) is 48.5 Å². The summed E-state index contributed by atoms with van der Waals surface area (Å²) in [7, 11) is 0. The number of benzene rings is 2. The van der Waals surface area contributed by atoms with E-state index in [4.69, 9.17) is 0 Å². The number of hydrogen-bond acceptors (Lipinski definition) is 4. The highest BCUT2D eigenvalue weighted by Crippen LogP contribution is 2.16. The molecule has 0 aliphatic rings. The number of rotatable bonds is 3. The molecule has 0 N–H and O–H groups in total. The van der Waals surface area contributed by atoms with Crippen LogP contribution < -0.4 is 0 Å². The fourth-order valence-corrected chi connectivity index (χ4v) is 1.78. The van der Waals surface area contributed by atoms with Crippen molar-refractivity contribution in [2.75, 3.05) is 0 Å². The van der Waals surface area contributed by atoms with E-state index in [0.29, 0.717) is 12.1 Å². The van der Waals surface area contributed by atoms with Gasteiger partial charge in [0.25, 0.3) is 0 Å². The van der Waals surface area contributed by atoms with Crippen molar-refractivity contribution in [1.82, 2.24) is 20.2 Å². The van der Waals surface area contributed by atoms with Crippen molar-refractivity contribution in [3.63, 3.8) is 0 Å². The number of tetrazole rings is 1. The zero-order valence-corrected chi connectivity index (χ0v) is 10.3. The van der Waals surface area contributed by atoms with Crippen molar-refractivity contribution < 1.29 is 9.18 Å². The molecule has 0 amide bonds. The van der Waals surface area contributed by atoms with Gasteiger partial charge in [0.2, 0.25) is 5.82 Å². The summed E-state index contributed by atoms with van der Waals surface area (Å²) in [6.07, 6.45) is 0.580. The van der Waals surface area contributed by atoms with E-state index in [-0.39, 0.29) is 11.3 Å². The summed E-state index contributed by atoms with van der Waals surface area (Å²) in [5.41, 5.74) is 1.20. The Morgan fingerprint density at radius 1 is 1.10 bits per heavy atom. The van der Waals surface area contributed by atoms with E-state index in [1.54, 1.807) is 0 Å². The molecule has 3 rings (SSSR count). The molecule has 20 heavy (non-hydrogen) atoms. The normalized spacial score (nSPS) is 10.4. The van der Waals surface area contributed by atoms with Crippen LogP contribution in [0, 0.1) is 5.82 Å². The second-order valence-corrected chi connectivity index (χ2v) is 4.10. The summed E-state index contributed by atoms with van der Waals surface area (Å²) < 4.78 is 13.8. The minimum Gasteiger partial charge on any atom is -0.298 e. The molecule has 0 aliphatic carbocycles. The molecule has 0 bridgehead atoms. The monoisotopic (exact) mass is 268 g/mol. The molecule has 0 aliphatic heterocycles. The maximum absolute atomic E-state index is 13.8. The summed E-state index contributed by atoms with van der Waals surface area (Å²) >= 11 is 0. The fraction of sp³-hybridized carbons (Fsp3) is 0. The minimum atomic E-state index is -0.577. The average molecular weight is 268 g/mol. The molecule has 0 spiro atoms. The van der Waals surface area contributed by atoms with Gasteiger partial charge < -0.3 is 0 Å². The Morgan fingerprint density at radius 3 is 2.60 bits per heavy atom. The molecule has 5 nitrogen and oxygen atoms in total. The first-order valence-corrected chi connectivity index (χ1v) is 5.88. The zero-order valence-electron chi connectivity index (χ0n) is 10.3. The molecular weight excluding hydrogens is 259 g/mol. The molecule has 0 atom stereocenters. The molecular formula is C14H9FN4O. The van der Waals surface area contributed by atoms with Gasteiger partial charge in [-0.2, -0.15) is 0 Å². The van der Waals surface area contributed by atoms with Gasteiger partial charge in [-0.1, -0.05) is 30.3 Å². The summed E-state index contributed by atoms with van der Waals surface area (Å²) in [6, 6.07) is 13.3. The summed E-state index contributed by atoms with van der Waals surface area (Å²) in [5, 5.41) is 11.9. The number of halogens is 1. The predicted octanol–water partition coefficient (Wildman–Crippen LogP) is 2.28. The summed E-state index contributed by atoms with van der Waals surface area (Å²) in [5.74, 6) is -0.170. The first-order valence-electron chi connectivity index (χ1n) is 5.88. The van der Waals surface area contributed by atoms with E-state index < -0.39 is 5.82 Å². The first-order chi connectivity index (χ1) is 9.78. The molecule has 0 unspecified atom stereocenters. The Hall–Kier alpha value is -2.89. The highest BCUT2D eigenvalue weighted by molar-refractivity contribution is 5.75. The van der Waals surface area contributed by atoms with Gasteiger partial charge in [-0.3, -0.25) is 4.79 Å². The van der Waals surface area contributed by atoms with Gasteiger partial charge in [0, 0.05) is 11.1 Å². The average Bonchev–Trinajstić information content (AvgIpc) is 2.97. The Morgan fingerprint density at radius 2 is 1.90 bits per heavy atom. The van der Waals surface area contributed by atoms with Crippen LogP contribution >= 0.6 is 0 Å². The minimum absolute atomic E-state index is 0.144. The van der Waals surface area contributed by atoms with Crippen molar-refractivity contribution in [1.29, 1.82) is 0 Å². The lowest BCUT2D eigenvalue weighted by Gasteiger charge is -2.00. The van der Waals surface area contributed by atoms with E-state index in [0.717, 1.165) is 16.4 Å². The molecule has 0 fully saturated rings. The number of nitrogens with zero attached hydrogens (tertiary/aromatic N) is 4. The topological polar surface area (TPSA) is 60.7 Å². The summed E-state index contributed by atoms with van der Waals surface area (Å²) in [4.78, 5) is 11.7. The Bertz CT molecular complexity index is 755. The molecule has 1 aromatic heterocycles. The van der Waals surface area contributed by atoms with Crippen LogP contribution in [0.5, 0.6) is 0 Å². The molecule has 0 saturated carbocycles. The standard InChI is InChI=1S/C14H9FN4O/c15-12-8-10(9-20)6-7-13(12)19-17-14(16-18-19)11-4-2-1-3-5-11/h1-9H. The van der Waals surface area contributed by atoms with E-state index >= 15 is 0 Å². The third-order valence-electron chi connectivity index (χ3n) is 2.77. The lowest BCUT2D eigenvalue weighted by molar-refractivity contribution is 0.112. The lowest BCUT2D eigenvalue weighted by atomic mass is 10.2. The number of carbonyl (C=O) groups is 1. The van der Waals surface area contributed by atoms with E-state index in [2.05, 4.69) is 15.4 Å². The number of aromatic nitrogens is 4. The molecule has 2 aromatic carbocycles. The highest BCUT2D eigenvalue weighted by atomic mass is 19.1. The van der Waals surface area contributed by atoms with Gasteiger partial charge in [-0.05, 0) is 23.4 Å². The second kappa shape index (κ2) is 5.00. The van der Waals surface area contributed by atoms with Crippen LogP contribution in [-0.2, 0) is 0 Å². The summed E-state index contributed by atoms with van der Waals surface area (Å²) in [6.45, 7) is 0. The van der Waals surface area contributed by atoms with Crippen LogP contribution in [0.1, 0.15) is 10.4 Å². The molecule has 0 saturated heterocycles. The number of hydrogen-bond donors (Lipinski definition) is 0. The van der Waals surface area contributed by atoms with Gasteiger partial charge in [-0.25, -0.2) is 4.39 Å². The van der Waals surface area contributed by atoms with Crippen LogP contribution in [0.3, 0.4) is 0 Å². The van der Waals surface area contributed by atoms with E-state index in [9.17, 15) is 9.18 Å². The van der Waals surface area contributed by atoms with Gasteiger partial charge in [0.05, 0.1) is 0 Å². The van der Waals surface area contributed by atoms with Crippen molar-refractivity contribution in [2.45, 2.75) is 0 Å². The Balaban J connectivity index is 2.00. The fourth-order valence-electron chi connectivity index (χ4n) is 1.78. The number of carbonyl (C=O) groups excluding carboxylic acids is 1. The first kappa shape index (κ1) is 12.2. The van der Waals surface area contributed by atoms with Crippen LogP contribution in [-0.4, -0.2) is 26.5 Å². The van der Waals surface area contributed by atoms with Crippen molar-refractivity contribution >= 4 is 6.29 Å². The molecule has 3 aromatic rings. The van der Waals surface area contributed by atoms with E-state index in [1.807, 2.05) is 30.3 Å². The van der Waals surface area contributed by atoms with Gasteiger partial charge >= 0.3 is 0 Å². The van der Waals surface area contributed by atoms with Gasteiger partial charge in [0.15, 0.2) is 5.82 Å². The van der Waals surface area contributed by atoms with Gasteiger partial charge in [-0.15, -0.1) is 15.0 Å². The van der Waals surface area contributed by atoms with Crippen LogP contribution in [0.4, 0.5) is 4.39 Å². The smallest absolute Gasteiger partial charge is 0.205 e. The van der Waals surface area contributed by atoms with Crippen LogP contribution in [0.2, 0.25) is 0 Å². The quantitative estimate of drug-likeness (QED) is 0.684. The molecule has 1 heterocycles. The maximum Gasteiger partial charge on any atom is 0.205 e. The largest absolute Gasteiger partial charge is 0.298 e. The molecule has 0 radical (unpaired) electrons. The maximum atomic E-state index is 13.8. The van der Waals surface area contributed by atoms with E-state index in [1.165, 1.54) is 12.1 Å². The Kier molecular flexibility index (Phi) is 3.04. The van der Waals surface area contributed by atoms with Crippen molar-refractivity contribution in [3.05, 3.63) is 59.9 Å². The lowest BCUT2D eigenvalue weighted by Crippen LogP contribution is -2.02. The number of aldehydes is 1.